The Kier molecular flexibility index (Phi) is 5.50. The zero-order valence-electron chi connectivity index (χ0n) is 9.52. The first-order chi connectivity index (χ1) is 7.74. The number of hydrogen-bond acceptors (Lipinski definition) is 3. The summed E-state index contributed by atoms with van der Waals surface area (Å²) in [6.45, 7) is 2.05. The molecule has 1 heterocycles. The van der Waals surface area contributed by atoms with E-state index in [1.807, 2.05) is 25.1 Å². The van der Waals surface area contributed by atoms with E-state index in [-0.39, 0.29) is 18.6 Å². The molecule has 2 N–H and O–H groups in total. The summed E-state index contributed by atoms with van der Waals surface area (Å²) in [4.78, 5) is 15.7. The molecule has 0 aromatic carbocycles. The van der Waals surface area contributed by atoms with Crippen molar-refractivity contribution in [1.29, 1.82) is 0 Å². The predicted octanol–water partition coefficient (Wildman–Crippen LogP) is 1.42. The number of aromatic nitrogens is 1. The van der Waals surface area contributed by atoms with Gasteiger partial charge in [0.2, 0.25) is 5.91 Å². The Morgan fingerprint density at radius 1 is 1.50 bits per heavy atom. The molecular weight excluding hydrogens is 204 g/mol. The smallest absolute Gasteiger partial charge is 0.220 e. The van der Waals surface area contributed by atoms with Gasteiger partial charge in [0.25, 0.3) is 0 Å². The van der Waals surface area contributed by atoms with Crippen LogP contribution in [0.25, 0.3) is 0 Å². The van der Waals surface area contributed by atoms with Gasteiger partial charge in [0.1, 0.15) is 0 Å². The fourth-order valence-electron chi connectivity index (χ4n) is 1.42. The van der Waals surface area contributed by atoms with Crippen LogP contribution >= 0.6 is 0 Å². The van der Waals surface area contributed by atoms with Crippen molar-refractivity contribution in [1.82, 2.24) is 10.3 Å². The topological polar surface area (TPSA) is 62.2 Å². The molecule has 88 valence electrons. The highest BCUT2D eigenvalue weighted by atomic mass is 16.2. The maximum absolute atomic E-state index is 11.5. The molecule has 0 aliphatic heterocycles. The average Bonchev–Trinajstić information content (AvgIpc) is 2.30. The zero-order valence-corrected chi connectivity index (χ0v) is 9.52. The number of unbranched alkanes of at least 4 members (excludes halogenated alkanes) is 1. The second-order valence-corrected chi connectivity index (χ2v) is 3.72. The Labute approximate surface area is 95.7 Å². The lowest BCUT2D eigenvalue weighted by Gasteiger charge is -2.12. The van der Waals surface area contributed by atoms with Crippen LogP contribution in [0.3, 0.4) is 0 Å². The molecule has 0 unspecified atom stereocenters. The number of nitrogens with zero attached hydrogens (tertiary/aromatic N) is 1. The molecule has 4 nitrogen and oxygen atoms in total. The van der Waals surface area contributed by atoms with Crippen LogP contribution in [-0.4, -0.2) is 22.6 Å². The van der Waals surface area contributed by atoms with Gasteiger partial charge >= 0.3 is 0 Å². The molecule has 0 bridgehead atoms. The lowest BCUT2D eigenvalue weighted by Crippen LogP contribution is -2.26. The average molecular weight is 222 g/mol. The molecule has 1 rings (SSSR count). The van der Waals surface area contributed by atoms with Crippen LogP contribution in [0.4, 0.5) is 0 Å². The number of pyridine rings is 1. The number of carbonyl (C=O) groups is 1. The Morgan fingerprint density at radius 3 is 2.94 bits per heavy atom. The van der Waals surface area contributed by atoms with Crippen molar-refractivity contribution in [3.8, 4) is 0 Å². The van der Waals surface area contributed by atoms with Crippen LogP contribution < -0.4 is 5.32 Å². The van der Waals surface area contributed by atoms with E-state index in [1.165, 1.54) is 0 Å². The summed E-state index contributed by atoms with van der Waals surface area (Å²) in [6, 6.07) is 5.57. The summed E-state index contributed by atoms with van der Waals surface area (Å²) in [7, 11) is 0. The standard InChI is InChI=1S/C12H18N2O2/c1-10(11-6-2-4-8-13-11)14-12(16)7-3-5-9-15/h2,4,6,8,10,15H,3,5,7,9H2,1H3,(H,14,16)/t10-/m1/s1. The van der Waals surface area contributed by atoms with E-state index in [1.54, 1.807) is 6.20 Å². The minimum Gasteiger partial charge on any atom is -0.396 e. The third-order valence-corrected chi connectivity index (χ3v) is 2.32. The molecule has 0 radical (unpaired) electrons. The Bertz CT molecular complexity index is 314. The molecule has 0 aliphatic rings. The fourth-order valence-corrected chi connectivity index (χ4v) is 1.42. The van der Waals surface area contributed by atoms with Crippen LogP contribution in [0.15, 0.2) is 24.4 Å². The molecule has 0 saturated heterocycles. The molecule has 16 heavy (non-hydrogen) atoms. The van der Waals surface area contributed by atoms with Gasteiger partial charge in [-0.05, 0) is 31.9 Å². The quantitative estimate of drug-likeness (QED) is 0.715. The number of aliphatic hydroxyl groups is 1. The van der Waals surface area contributed by atoms with Crippen molar-refractivity contribution in [2.24, 2.45) is 0 Å². The highest BCUT2D eigenvalue weighted by molar-refractivity contribution is 5.76. The van der Waals surface area contributed by atoms with Crippen molar-refractivity contribution in [2.75, 3.05) is 6.61 Å². The maximum atomic E-state index is 11.5. The molecule has 0 spiro atoms. The molecule has 1 atom stereocenters. The van der Waals surface area contributed by atoms with Gasteiger partial charge in [-0.3, -0.25) is 9.78 Å². The minimum atomic E-state index is -0.0668. The van der Waals surface area contributed by atoms with Crippen LogP contribution in [-0.2, 0) is 4.79 Å². The lowest BCUT2D eigenvalue weighted by atomic mass is 10.2. The van der Waals surface area contributed by atoms with Crippen LogP contribution in [0.2, 0.25) is 0 Å². The zero-order chi connectivity index (χ0) is 11.8. The second kappa shape index (κ2) is 6.95. The molecule has 0 saturated carbocycles. The van der Waals surface area contributed by atoms with E-state index in [0.29, 0.717) is 12.8 Å². The van der Waals surface area contributed by atoms with Gasteiger partial charge in [0, 0.05) is 19.2 Å². The molecule has 0 fully saturated rings. The van der Waals surface area contributed by atoms with Crippen LogP contribution in [0, 0.1) is 0 Å². The van der Waals surface area contributed by atoms with Crippen molar-refractivity contribution < 1.29 is 9.90 Å². The summed E-state index contributed by atoms with van der Waals surface area (Å²) < 4.78 is 0. The van der Waals surface area contributed by atoms with Gasteiger partial charge in [-0.2, -0.15) is 0 Å². The van der Waals surface area contributed by atoms with Crippen LogP contribution in [0.1, 0.15) is 37.9 Å². The van der Waals surface area contributed by atoms with Crippen molar-refractivity contribution in [2.45, 2.75) is 32.2 Å². The van der Waals surface area contributed by atoms with Gasteiger partial charge < -0.3 is 10.4 Å². The van der Waals surface area contributed by atoms with Crippen molar-refractivity contribution in [3.05, 3.63) is 30.1 Å². The van der Waals surface area contributed by atoms with Gasteiger partial charge in [0.15, 0.2) is 0 Å². The van der Waals surface area contributed by atoms with E-state index >= 15 is 0 Å². The van der Waals surface area contributed by atoms with E-state index in [2.05, 4.69) is 10.3 Å². The molecule has 4 heteroatoms. The Morgan fingerprint density at radius 2 is 2.31 bits per heavy atom. The third kappa shape index (κ3) is 4.40. The Hall–Kier alpha value is -1.42. The highest BCUT2D eigenvalue weighted by Gasteiger charge is 2.09. The summed E-state index contributed by atoms with van der Waals surface area (Å²) in [5.41, 5.74) is 0.859. The molecular formula is C12H18N2O2. The van der Waals surface area contributed by atoms with Gasteiger partial charge in [-0.1, -0.05) is 6.07 Å². The second-order valence-electron chi connectivity index (χ2n) is 3.72. The van der Waals surface area contributed by atoms with E-state index in [0.717, 1.165) is 12.1 Å². The first-order valence-corrected chi connectivity index (χ1v) is 5.55. The molecule has 1 amide bonds. The predicted molar refractivity (Wildman–Crippen MR) is 61.7 cm³/mol. The molecule has 1 aromatic rings. The first-order valence-electron chi connectivity index (χ1n) is 5.55. The highest BCUT2D eigenvalue weighted by Crippen LogP contribution is 2.08. The SMILES string of the molecule is C[C@@H](NC(=O)CCCCO)c1ccccn1. The molecule has 0 aliphatic carbocycles. The van der Waals surface area contributed by atoms with Crippen LogP contribution in [0.5, 0.6) is 0 Å². The van der Waals surface area contributed by atoms with E-state index < -0.39 is 0 Å². The summed E-state index contributed by atoms with van der Waals surface area (Å²) in [6.07, 6.45) is 3.56. The number of rotatable bonds is 6. The van der Waals surface area contributed by atoms with Gasteiger partial charge in [0.05, 0.1) is 11.7 Å². The van der Waals surface area contributed by atoms with Gasteiger partial charge in [-0.25, -0.2) is 0 Å². The fraction of sp³-hybridized carbons (Fsp3) is 0.500. The molecule has 1 aromatic heterocycles. The number of aliphatic hydroxyl groups excluding tert-OH is 1. The number of hydrogen-bond donors (Lipinski definition) is 2. The third-order valence-electron chi connectivity index (χ3n) is 2.32. The summed E-state index contributed by atoms with van der Waals surface area (Å²) in [5, 5.41) is 11.5. The first kappa shape index (κ1) is 12.6. The Balaban J connectivity index is 2.34. The number of carbonyl (C=O) groups excluding carboxylic acids is 1. The minimum absolute atomic E-state index is 0.00611. The van der Waals surface area contributed by atoms with Crippen molar-refractivity contribution in [3.63, 3.8) is 0 Å². The lowest BCUT2D eigenvalue weighted by molar-refractivity contribution is -0.121. The maximum Gasteiger partial charge on any atom is 0.220 e. The summed E-state index contributed by atoms with van der Waals surface area (Å²) >= 11 is 0. The normalized spacial score (nSPS) is 12.1. The monoisotopic (exact) mass is 222 g/mol. The summed E-state index contributed by atoms with van der Waals surface area (Å²) in [5.74, 6) is 0.00611. The van der Waals surface area contributed by atoms with Gasteiger partial charge in [-0.15, -0.1) is 0 Å². The van der Waals surface area contributed by atoms with E-state index in [9.17, 15) is 4.79 Å². The van der Waals surface area contributed by atoms with E-state index in [4.69, 9.17) is 5.11 Å². The number of nitrogens with one attached hydrogen (secondary N) is 1. The number of amides is 1. The van der Waals surface area contributed by atoms with Crippen molar-refractivity contribution >= 4 is 5.91 Å². The largest absolute Gasteiger partial charge is 0.396 e.